The predicted molar refractivity (Wildman–Crippen MR) is 84.3 cm³/mol. The van der Waals surface area contributed by atoms with E-state index < -0.39 is 5.97 Å². The van der Waals surface area contributed by atoms with Crippen LogP contribution in [0, 0.1) is 0 Å². The van der Waals surface area contributed by atoms with Gasteiger partial charge in [0.05, 0.1) is 0 Å². The predicted octanol–water partition coefficient (Wildman–Crippen LogP) is 4.07. The average Bonchev–Trinajstić information content (AvgIpc) is 2.93. The lowest BCUT2D eigenvalue weighted by atomic mass is 10.2. The molecule has 0 unspecified atom stereocenters. The Hall–Kier alpha value is -1.72. The molecule has 2 rings (SSSR count). The monoisotopic (exact) mass is 322 g/mol. The molecule has 0 radical (unpaired) electrons. The first-order valence-corrected chi connectivity index (χ1v) is 7.62. The van der Waals surface area contributed by atoms with Crippen molar-refractivity contribution in [1.82, 2.24) is 9.36 Å². The molecule has 0 saturated heterocycles. The van der Waals surface area contributed by atoms with Gasteiger partial charge in [-0.2, -0.15) is 4.37 Å². The van der Waals surface area contributed by atoms with Crippen LogP contribution in [0.1, 0.15) is 36.2 Å². The second kappa shape index (κ2) is 7.33. The number of carbonyl (C=O) groups is 1. The minimum Gasteiger partial charge on any atom is -0.455 e. The Balaban J connectivity index is 1.85. The number of aromatic nitrogens is 2. The van der Waals surface area contributed by atoms with Gasteiger partial charge in [0.15, 0.2) is 5.01 Å². The number of rotatable bonds is 5. The third-order valence-electron chi connectivity index (χ3n) is 2.62. The lowest BCUT2D eigenvalue weighted by Crippen LogP contribution is -2.00. The zero-order chi connectivity index (χ0) is 15.2. The van der Waals surface area contributed by atoms with Crippen LogP contribution in [0.2, 0.25) is 5.02 Å². The molecule has 0 bridgehead atoms. The molecule has 1 heterocycles. The first-order chi connectivity index (χ1) is 10.0. The largest absolute Gasteiger partial charge is 0.455 e. The first-order valence-electron chi connectivity index (χ1n) is 6.47. The highest BCUT2D eigenvalue weighted by Crippen LogP contribution is 2.14. The van der Waals surface area contributed by atoms with Crippen molar-refractivity contribution in [3.05, 3.63) is 51.8 Å². The molecule has 1 aromatic heterocycles. The standard InChI is InChI=1S/C15H15ClN2O2S/c1-10(2)15-17-13(21-18-15)9-20-14(19)8-5-11-3-6-12(16)7-4-11/h3-8,10H,9H2,1-2H3/b8-5+. The molecular formula is C15H15ClN2O2S. The average molecular weight is 323 g/mol. The summed E-state index contributed by atoms with van der Waals surface area (Å²) in [5, 5.41) is 1.36. The maximum Gasteiger partial charge on any atom is 0.331 e. The van der Waals surface area contributed by atoms with Gasteiger partial charge in [0.25, 0.3) is 0 Å². The molecule has 0 amide bonds. The third-order valence-corrected chi connectivity index (χ3v) is 3.57. The SMILES string of the molecule is CC(C)c1nsc(COC(=O)/C=C/c2ccc(Cl)cc2)n1. The van der Waals surface area contributed by atoms with E-state index in [0.29, 0.717) is 10.0 Å². The fourth-order valence-electron chi connectivity index (χ4n) is 1.48. The Kier molecular flexibility index (Phi) is 5.47. The molecule has 6 heteroatoms. The summed E-state index contributed by atoms with van der Waals surface area (Å²) in [6.45, 7) is 4.19. The Bertz CT molecular complexity index is 635. The van der Waals surface area contributed by atoms with Crippen molar-refractivity contribution in [3.8, 4) is 0 Å². The number of ether oxygens (including phenoxy) is 1. The minimum atomic E-state index is -0.411. The van der Waals surface area contributed by atoms with Crippen LogP contribution < -0.4 is 0 Å². The molecule has 0 saturated carbocycles. The fraction of sp³-hybridized carbons (Fsp3) is 0.267. The summed E-state index contributed by atoms with van der Waals surface area (Å²) in [5.41, 5.74) is 0.884. The maximum atomic E-state index is 11.6. The van der Waals surface area contributed by atoms with Gasteiger partial charge in [-0.25, -0.2) is 9.78 Å². The van der Waals surface area contributed by atoms with Crippen molar-refractivity contribution in [2.45, 2.75) is 26.4 Å². The number of benzene rings is 1. The summed E-state index contributed by atoms with van der Waals surface area (Å²) in [6, 6.07) is 7.18. The Morgan fingerprint density at radius 1 is 1.38 bits per heavy atom. The van der Waals surface area contributed by atoms with Crippen molar-refractivity contribution >= 4 is 35.2 Å². The third kappa shape index (κ3) is 4.95. The molecule has 0 fully saturated rings. The summed E-state index contributed by atoms with van der Waals surface area (Å²) in [7, 11) is 0. The van der Waals surface area contributed by atoms with Crippen molar-refractivity contribution in [2.75, 3.05) is 0 Å². The molecule has 0 aliphatic rings. The summed E-state index contributed by atoms with van der Waals surface area (Å²) in [4.78, 5) is 15.9. The fourth-order valence-corrected chi connectivity index (χ4v) is 2.30. The molecule has 0 spiro atoms. The number of halogens is 1. The van der Waals surface area contributed by atoms with Crippen molar-refractivity contribution in [3.63, 3.8) is 0 Å². The molecule has 0 N–H and O–H groups in total. The minimum absolute atomic E-state index is 0.147. The lowest BCUT2D eigenvalue weighted by molar-refractivity contribution is -0.138. The van der Waals surface area contributed by atoms with Crippen molar-refractivity contribution in [2.24, 2.45) is 0 Å². The van der Waals surface area contributed by atoms with Gasteiger partial charge in [-0.05, 0) is 35.3 Å². The molecule has 0 aliphatic carbocycles. The molecule has 0 aliphatic heterocycles. The highest BCUT2D eigenvalue weighted by atomic mass is 35.5. The van der Waals surface area contributed by atoms with Gasteiger partial charge in [-0.15, -0.1) is 0 Å². The van der Waals surface area contributed by atoms with Gasteiger partial charge in [0.1, 0.15) is 12.4 Å². The van der Waals surface area contributed by atoms with E-state index in [0.717, 1.165) is 11.4 Å². The smallest absolute Gasteiger partial charge is 0.331 e. The Morgan fingerprint density at radius 2 is 2.10 bits per heavy atom. The van der Waals surface area contributed by atoms with Crippen molar-refractivity contribution < 1.29 is 9.53 Å². The van der Waals surface area contributed by atoms with E-state index in [-0.39, 0.29) is 12.5 Å². The van der Waals surface area contributed by atoms with Gasteiger partial charge < -0.3 is 4.74 Å². The quantitative estimate of drug-likeness (QED) is 0.615. The highest BCUT2D eigenvalue weighted by Gasteiger charge is 2.08. The van der Waals surface area contributed by atoms with Gasteiger partial charge in [0.2, 0.25) is 0 Å². The highest BCUT2D eigenvalue weighted by molar-refractivity contribution is 7.05. The lowest BCUT2D eigenvalue weighted by Gasteiger charge is -1.98. The normalized spacial score (nSPS) is 11.2. The van der Waals surface area contributed by atoms with E-state index in [9.17, 15) is 4.79 Å². The Labute approximate surface area is 132 Å². The summed E-state index contributed by atoms with van der Waals surface area (Å²) < 4.78 is 9.33. The van der Waals surface area contributed by atoms with E-state index in [4.69, 9.17) is 16.3 Å². The van der Waals surface area contributed by atoms with Crippen LogP contribution in [0.4, 0.5) is 0 Å². The Morgan fingerprint density at radius 3 is 2.71 bits per heavy atom. The van der Waals surface area contributed by atoms with Gasteiger partial charge in [-0.1, -0.05) is 37.6 Å². The zero-order valence-corrected chi connectivity index (χ0v) is 13.3. The van der Waals surface area contributed by atoms with Crippen LogP contribution in [0.5, 0.6) is 0 Å². The topological polar surface area (TPSA) is 52.1 Å². The summed E-state index contributed by atoms with van der Waals surface area (Å²) in [6.07, 6.45) is 3.06. The van der Waals surface area contributed by atoms with E-state index >= 15 is 0 Å². The zero-order valence-electron chi connectivity index (χ0n) is 11.7. The summed E-state index contributed by atoms with van der Waals surface area (Å²) in [5.74, 6) is 0.643. The maximum absolute atomic E-state index is 11.6. The molecule has 21 heavy (non-hydrogen) atoms. The van der Waals surface area contributed by atoms with Crippen LogP contribution in [-0.4, -0.2) is 15.3 Å². The van der Waals surface area contributed by atoms with Crippen LogP contribution >= 0.6 is 23.1 Å². The van der Waals surface area contributed by atoms with Crippen LogP contribution in [0.3, 0.4) is 0 Å². The van der Waals surface area contributed by atoms with E-state index in [1.54, 1.807) is 18.2 Å². The second-order valence-corrected chi connectivity index (χ2v) is 5.97. The van der Waals surface area contributed by atoms with E-state index in [2.05, 4.69) is 9.36 Å². The molecule has 1 aromatic carbocycles. The molecule has 4 nitrogen and oxygen atoms in total. The second-order valence-electron chi connectivity index (χ2n) is 4.69. The molecule has 0 atom stereocenters. The molecular weight excluding hydrogens is 308 g/mol. The molecule has 110 valence electrons. The number of esters is 1. The number of hydrogen-bond donors (Lipinski definition) is 0. The molecule has 2 aromatic rings. The number of hydrogen-bond acceptors (Lipinski definition) is 5. The van der Waals surface area contributed by atoms with Crippen LogP contribution in [0.15, 0.2) is 30.3 Å². The van der Waals surface area contributed by atoms with E-state index in [1.165, 1.54) is 17.6 Å². The van der Waals surface area contributed by atoms with Crippen LogP contribution in [0.25, 0.3) is 6.08 Å². The van der Waals surface area contributed by atoms with Gasteiger partial charge >= 0.3 is 5.97 Å². The van der Waals surface area contributed by atoms with Gasteiger partial charge in [-0.3, -0.25) is 0 Å². The van der Waals surface area contributed by atoms with Crippen LogP contribution in [-0.2, 0) is 16.1 Å². The summed E-state index contributed by atoms with van der Waals surface area (Å²) >= 11 is 7.05. The first kappa shape index (κ1) is 15.7. The number of carbonyl (C=O) groups excluding carboxylic acids is 1. The van der Waals surface area contributed by atoms with Crippen molar-refractivity contribution in [1.29, 1.82) is 0 Å². The van der Waals surface area contributed by atoms with E-state index in [1.807, 2.05) is 26.0 Å². The van der Waals surface area contributed by atoms with Gasteiger partial charge in [0, 0.05) is 17.0 Å². The number of nitrogens with zero attached hydrogens (tertiary/aromatic N) is 2.